The number of rotatable bonds is 5. The third-order valence-corrected chi connectivity index (χ3v) is 5.24. The minimum Gasteiger partial charge on any atom is -0.450 e. The molecule has 1 heterocycles. The van der Waals surface area contributed by atoms with E-state index >= 15 is 0 Å². The fourth-order valence-corrected chi connectivity index (χ4v) is 3.31. The number of hydrogen-bond acceptors (Lipinski definition) is 5. The highest BCUT2D eigenvalue weighted by Gasteiger charge is 2.58. The number of ketones is 1. The number of amides is 3. The van der Waals surface area contributed by atoms with E-state index in [0.29, 0.717) is 56.9 Å². The first-order chi connectivity index (χ1) is 13.4. The zero-order valence-corrected chi connectivity index (χ0v) is 16.2. The van der Waals surface area contributed by atoms with Crippen LogP contribution in [0.25, 0.3) is 0 Å². The molecule has 0 atom stereocenters. The zero-order valence-electron chi connectivity index (χ0n) is 16.2. The maximum Gasteiger partial charge on any atom is 0.409 e. The number of Topliss-reactive ketones (excluding diaryl/α,β-unsaturated/α-hetero) is 1. The van der Waals surface area contributed by atoms with Crippen molar-refractivity contribution in [2.45, 2.75) is 26.7 Å². The van der Waals surface area contributed by atoms with Crippen LogP contribution in [0.2, 0.25) is 0 Å². The van der Waals surface area contributed by atoms with Crippen molar-refractivity contribution in [1.29, 1.82) is 0 Å². The topological polar surface area (TPSA) is 96.0 Å². The molecule has 1 saturated carbocycles. The van der Waals surface area contributed by atoms with Crippen LogP contribution in [0.1, 0.15) is 37.0 Å². The standard InChI is InChI=1S/C20H25N3O5/c1-3-28-19(27)23-12-10-22(11-13-23)18(26)20(8-9-20)17(25)21-16-6-4-15(5-7-16)14(2)24/h4-7H,3,8-13H2,1-2H3,(H,21,25). The first-order valence-corrected chi connectivity index (χ1v) is 9.51. The molecule has 1 aliphatic heterocycles. The Morgan fingerprint density at radius 1 is 1.00 bits per heavy atom. The largest absolute Gasteiger partial charge is 0.450 e. The summed E-state index contributed by atoms with van der Waals surface area (Å²) < 4.78 is 4.98. The molecule has 0 aromatic heterocycles. The number of carbonyl (C=O) groups is 4. The number of carbonyl (C=O) groups excluding carboxylic acids is 4. The van der Waals surface area contributed by atoms with Crippen molar-refractivity contribution in [1.82, 2.24) is 9.80 Å². The van der Waals surface area contributed by atoms with Crippen LogP contribution in [0.4, 0.5) is 10.5 Å². The molecule has 0 unspecified atom stereocenters. The number of hydrogen-bond donors (Lipinski definition) is 1. The highest BCUT2D eigenvalue weighted by molar-refractivity contribution is 6.13. The quantitative estimate of drug-likeness (QED) is 0.615. The van der Waals surface area contributed by atoms with Crippen molar-refractivity contribution in [2.75, 3.05) is 38.1 Å². The summed E-state index contributed by atoms with van der Waals surface area (Å²) in [4.78, 5) is 52.0. The van der Waals surface area contributed by atoms with Crippen LogP contribution >= 0.6 is 0 Å². The Labute approximate surface area is 163 Å². The summed E-state index contributed by atoms with van der Waals surface area (Å²) in [5, 5.41) is 2.79. The molecule has 28 heavy (non-hydrogen) atoms. The lowest BCUT2D eigenvalue weighted by Crippen LogP contribution is -2.53. The van der Waals surface area contributed by atoms with Gasteiger partial charge in [0, 0.05) is 37.4 Å². The van der Waals surface area contributed by atoms with Gasteiger partial charge in [0.1, 0.15) is 5.41 Å². The van der Waals surface area contributed by atoms with Crippen LogP contribution in [0, 0.1) is 5.41 Å². The van der Waals surface area contributed by atoms with E-state index in [0.717, 1.165) is 0 Å². The smallest absolute Gasteiger partial charge is 0.409 e. The Hall–Kier alpha value is -2.90. The summed E-state index contributed by atoms with van der Waals surface area (Å²) >= 11 is 0. The van der Waals surface area contributed by atoms with E-state index in [4.69, 9.17) is 4.74 Å². The van der Waals surface area contributed by atoms with Gasteiger partial charge in [0.25, 0.3) is 0 Å². The van der Waals surface area contributed by atoms with Crippen LogP contribution < -0.4 is 5.32 Å². The van der Waals surface area contributed by atoms with Gasteiger partial charge >= 0.3 is 6.09 Å². The summed E-state index contributed by atoms with van der Waals surface area (Å²) in [7, 11) is 0. The van der Waals surface area contributed by atoms with Crippen molar-refractivity contribution in [3.05, 3.63) is 29.8 Å². The predicted molar refractivity (Wildman–Crippen MR) is 102 cm³/mol. The van der Waals surface area contributed by atoms with Gasteiger partial charge in [-0.3, -0.25) is 14.4 Å². The average Bonchev–Trinajstić information content (AvgIpc) is 3.50. The second-order valence-electron chi connectivity index (χ2n) is 7.15. The molecule has 8 nitrogen and oxygen atoms in total. The van der Waals surface area contributed by atoms with Gasteiger partial charge in [0.15, 0.2) is 5.78 Å². The molecule has 1 saturated heterocycles. The van der Waals surface area contributed by atoms with Gasteiger partial charge in [-0.2, -0.15) is 0 Å². The number of nitrogens with zero attached hydrogens (tertiary/aromatic N) is 2. The second kappa shape index (κ2) is 8.00. The van der Waals surface area contributed by atoms with Crippen LogP contribution in [0.3, 0.4) is 0 Å². The molecule has 3 amide bonds. The van der Waals surface area contributed by atoms with E-state index in [9.17, 15) is 19.2 Å². The molecule has 1 N–H and O–H groups in total. The van der Waals surface area contributed by atoms with E-state index in [2.05, 4.69) is 5.32 Å². The first kappa shape index (κ1) is 19.9. The minimum absolute atomic E-state index is 0.0475. The molecule has 2 fully saturated rings. The number of piperazine rings is 1. The first-order valence-electron chi connectivity index (χ1n) is 9.51. The Balaban J connectivity index is 1.58. The summed E-state index contributed by atoms with van der Waals surface area (Å²) in [5.74, 6) is -0.552. The summed E-state index contributed by atoms with van der Waals surface area (Å²) in [6, 6.07) is 6.61. The van der Waals surface area contributed by atoms with Gasteiger partial charge in [-0.1, -0.05) is 0 Å². The van der Waals surface area contributed by atoms with Crippen molar-refractivity contribution >= 4 is 29.4 Å². The van der Waals surface area contributed by atoms with Gasteiger partial charge in [0.2, 0.25) is 11.8 Å². The lowest BCUT2D eigenvalue weighted by molar-refractivity contribution is -0.143. The molecule has 150 valence electrons. The van der Waals surface area contributed by atoms with Gasteiger partial charge in [-0.15, -0.1) is 0 Å². The zero-order chi connectivity index (χ0) is 20.3. The Bertz CT molecular complexity index is 778. The normalized spacial score (nSPS) is 17.6. The van der Waals surface area contributed by atoms with E-state index in [-0.39, 0.29) is 23.7 Å². The third kappa shape index (κ3) is 4.00. The van der Waals surface area contributed by atoms with E-state index < -0.39 is 5.41 Å². The maximum absolute atomic E-state index is 12.9. The maximum atomic E-state index is 12.9. The van der Waals surface area contributed by atoms with Gasteiger partial charge in [0.05, 0.1) is 6.61 Å². The molecule has 0 bridgehead atoms. The highest BCUT2D eigenvalue weighted by Crippen LogP contribution is 2.48. The number of benzene rings is 1. The third-order valence-electron chi connectivity index (χ3n) is 5.24. The molecule has 1 aromatic carbocycles. The molecular formula is C20H25N3O5. The fraction of sp³-hybridized carbons (Fsp3) is 0.500. The van der Waals surface area contributed by atoms with E-state index in [1.165, 1.54) is 6.92 Å². The Morgan fingerprint density at radius 2 is 1.57 bits per heavy atom. The Morgan fingerprint density at radius 3 is 2.07 bits per heavy atom. The van der Waals surface area contributed by atoms with Crippen molar-refractivity contribution in [3.8, 4) is 0 Å². The number of anilines is 1. The van der Waals surface area contributed by atoms with E-state index in [1.807, 2.05) is 0 Å². The summed E-state index contributed by atoms with van der Waals surface area (Å²) in [5.41, 5.74) is 0.0987. The van der Waals surface area contributed by atoms with Crippen molar-refractivity contribution < 1.29 is 23.9 Å². The van der Waals surface area contributed by atoms with Crippen LogP contribution in [0.15, 0.2) is 24.3 Å². The monoisotopic (exact) mass is 387 g/mol. The van der Waals surface area contributed by atoms with Crippen molar-refractivity contribution in [2.24, 2.45) is 5.41 Å². The van der Waals surface area contributed by atoms with Gasteiger partial charge < -0.3 is 19.9 Å². The van der Waals surface area contributed by atoms with Crippen LogP contribution in [0.5, 0.6) is 0 Å². The SMILES string of the molecule is CCOC(=O)N1CCN(C(=O)C2(C(=O)Nc3ccc(C(C)=O)cc3)CC2)CC1. The highest BCUT2D eigenvalue weighted by atomic mass is 16.6. The lowest BCUT2D eigenvalue weighted by Gasteiger charge is -2.35. The van der Waals surface area contributed by atoms with Gasteiger partial charge in [-0.05, 0) is 51.0 Å². The van der Waals surface area contributed by atoms with Gasteiger partial charge in [-0.25, -0.2) is 4.79 Å². The number of nitrogens with one attached hydrogen (secondary N) is 1. The molecule has 8 heteroatoms. The molecule has 2 aliphatic rings. The Kier molecular flexibility index (Phi) is 5.67. The summed E-state index contributed by atoms with van der Waals surface area (Å²) in [6.07, 6.45) is 0.658. The minimum atomic E-state index is -1.02. The fourth-order valence-electron chi connectivity index (χ4n) is 3.31. The average molecular weight is 387 g/mol. The lowest BCUT2D eigenvalue weighted by atomic mass is 10.0. The van der Waals surface area contributed by atoms with Crippen molar-refractivity contribution in [3.63, 3.8) is 0 Å². The molecule has 0 spiro atoms. The van der Waals surface area contributed by atoms with Crippen LogP contribution in [-0.4, -0.2) is 66.3 Å². The molecule has 1 aliphatic carbocycles. The van der Waals surface area contributed by atoms with E-state index in [1.54, 1.807) is 41.0 Å². The molecule has 1 aromatic rings. The predicted octanol–water partition coefficient (Wildman–Crippen LogP) is 1.91. The summed E-state index contributed by atoms with van der Waals surface area (Å²) in [6.45, 7) is 5.12. The molecule has 3 rings (SSSR count). The number of ether oxygens (including phenoxy) is 1. The molecule has 0 radical (unpaired) electrons. The van der Waals surface area contributed by atoms with Crippen LogP contribution in [-0.2, 0) is 14.3 Å². The molecular weight excluding hydrogens is 362 g/mol. The second-order valence-corrected chi connectivity index (χ2v) is 7.15.